The molecule has 0 aliphatic heterocycles. The molecule has 3 aromatic rings. The summed E-state index contributed by atoms with van der Waals surface area (Å²) in [4.78, 5) is 10.8. The van der Waals surface area contributed by atoms with Crippen molar-refractivity contribution in [2.24, 2.45) is 0 Å². The third-order valence-electron chi connectivity index (χ3n) is 3.75. The fourth-order valence-electron chi connectivity index (χ4n) is 2.55. The van der Waals surface area contributed by atoms with E-state index >= 15 is 0 Å². The standard InChI is InChI=1S/C23H20O4/c24-23(25)16-19-9-4-12-21(15-19)27-22-13-5-11-20(17-22)26-14-6-10-18-7-2-1-3-8-18/h1-13,15,17H,14,16H2,(H,24,25)/b10-6+. The van der Waals surface area contributed by atoms with Gasteiger partial charge >= 0.3 is 5.97 Å². The van der Waals surface area contributed by atoms with Crippen LogP contribution in [0.25, 0.3) is 6.08 Å². The number of carboxylic acid groups (broad SMARTS) is 1. The van der Waals surface area contributed by atoms with Crippen LogP contribution in [-0.2, 0) is 11.2 Å². The van der Waals surface area contributed by atoms with Crippen LogP contribution in [0, 0.1) is 0 Å². The molecule has 3 rings (SSSR count). The summed E-state index contributed by atoms with van der Waals surface area (Å²) in [5.74, 6) is 1.06. The van der Waals surface area contributed by atoms with E-state index in [2.05, 4.69) is 0 Å². The Morgan fingerprint density at radius 3 is 2.33 bits per heavy atom. The second-order valence-electron chi connectivity index (χ2n) is 5.92. The largest absolute Gasteiger partial charge is 0.489 e. The van der Waals surface area contributed by atoms with Crippen molar-refractivity contribution in [2.45, 2.75) is 6.42 Å². The molecule has 0 amide bonds. The maximum Gasteiger partial charge on any atom is 0.307 e. The Kier molecular flexibility index (Phi) is 6.26. The molecular formula is C23H20O4. The van der Waals surface area contributed by atoms with Crippen LogP contribution >= 0.6 is 0 Å². The first-order chi connectivity index (χ1) is 13.2. The lowest BCUT2D eigenvalue weighted by Gasteiger charge is -2.09. The highest BCUT2D eigenvalue weighted by Gasteiger charge is 2.04. The minimum Gasteiger partial charge on any atom is -0.489 e. The number of rotatable bonds is 8. The molecule has 1 N–H and O–H groups in total. The highest BCUT2D eigenvalue weighted by atomic mass is 16.5. The van der Waals surface area contributed by atoms with E-state index in [1.165, 1.54) is 0 Å². The zero-order chi connectivity index (χ0) is 18.9. The molecule has 27 heavy (non-hydrogen) atoms. The Balaban J connectivity index is 1.59. The summed E-state index contributed by atoms with van der Waals surface area (Å²) in [6.07, 6.45) is 3.93. The Morgan fingerprint density at radius 2 is 1.56 bits per heavy atom. The summed E-state index contributed by atoms with van der Waals surface area (Å²) < 4.78 is 11.6. The van der Waals surface area contributed by atoms with Gasteiger partial charge in [0.15, 0.2) is 0 Å². The van der Waals surface area contributed by atoms with Crippen molar-refractivity contribution in [3.05, 3.63) is 96.1 Å². The summed E-state index contributed by atoms with van der Waals surface area (Å²) >= 11 is 0. The van der Waals surface area contributed by atoms with Crippen molar-refractivity contribution >= 4 is 12.0 Å². The highest BCUT2D eigenvalue weighted by molar-refractivity contribution is 5.70. The van der Waals surface area contributed by atoms with Crippen molar-refractivity contribution in [1.29, 1.82) is 0 Å². The molecule has 0 fully saturated rings. The molecular weight excluding hydrogens is 340 g/mol. The number of aliphatic carboxylic acids is 1. The van der Waals surface area contributed by atoms with Crippen molar-refractivity contribution in [3.63, 3.8) is 0 Å². The first-order valence-corrected chi connectivity index (χ1v) is 8.62. The SMILES string of the molecule is O=C(O)Cc1cccc(Oc2cccc(OC/C=C/c3ccccc3)c2)c1. The van der Waals surface area contributed by atoms with E-state index in [0.717, 1.165) is 5.56 Å². The summed E-state index contributed by atoms with van der Waals surface area (Å²) in [5.41, 5.74) is 1.82. The van der Waals surface area contributed by atoms with Gasteiger partial charge in [0, 0.05) is 6.07 Å². The maximum absolute atomic E-state index is 10.8. The molecule has 0 saturated heterocycles. The van der Waals surface area contributed by atoms with Crippen LogP contribution in [0.5, 0.6) is 17.2 Å². The molecule has 0 radical (unpaired) electrons. The predicted octanol–water partition coefficient (Wildman–Crippen LogP) is 5.20. The lowest BCUT2D eigenvalue weighted by atomic mass is 10.1. The molecule has 0 spiro atoms. The molecule has 4 heteroatoms. The van der Waals surface area contributed by atoms with Crippen molar-refractivity contribution < 1.29 is 19.4 Å². The minimum atomic E-state index is -0.869. The molecule has 0 aliphatic carbocycles. The molecule has 136 valence electrons. The molecule has 4 nitrogen and oxygen atoms in total. The van der Waals surface area contributed by atoms with Gasteiger partial charge in [0.05, 0.1) is 6.42 Å². The van der Waals surface area contributed by atoms with Crippen molar-refractivity contribution in [3.8, 4) is 17.2 Å². The van der Waals surface area contributed by atoms with E-state index in [4.69, 9.17) is 14.6 Å². The quantitative estimate of drug-likeness (QED) is 0.600. The van der Waals surface area contributed by atoms with Crippen LogP contribution in [0.1, 0.15) is 11.1 Å². The van der Waals surface area contributed by atoms with Gasteiger partial charge in [-0.05, 0) is 41.5 Å². The van der Waals surface area contributed by atoms with Gasteiger partial charge in [0.1, 0.15) is 23.9 Å². The van der Waals surface area contributed by atoms with Crippen LogP contribution in [-0.4, -0.2) is 17.7 Å². The summed E-state index contributed by atoms with van der Waals surface area (Å²) in [6.45, 7) is 0.451. The zero-order valence-corrected chi connectivity index (χ0v) is 14.7. The second kappa shape index (κ2) is 9.25. The van der Waals surface area contributed by atoms with Gasteiger partial charge in [-0.25, -0.2) is 0 Å². The first kappa shape index (κ1) is 18.3. The fourth-order valence-corrected chi connectivity index (χ4v) is 2.55. The number of ether oxygens (including phenoxy) is 2. The monoisotopic (exact) mass is 360 g/mol. The Labute approximate surface area is 158 Å². The zero-order valence-electron chi connectivity index (χ0n) is 14.7. The number of carboxylic acids is 1. The molecule has 0 unspecified atom stereocenters. The van der Waals surface area contributed by atoms with Gasteiger partial charge in [0.2, 0.25) is 0 Å². The number of benzene rings is 3. The fraction of sp³-hybridized carbons (Fsp3) is 0.0870. The van der Waals surface area contributed by atoms with Crippen LogP contribution < -0.4 is 9.47 Å². The lowest BCUT2D eigenvalue weighted by molar-refractivity contribution is -0.136. The summed E-state index contributed by atoms with van der Waals surface area (Å²) in [6, 6.07) is 24.4. The van der Waals surface area contributed by atoms with E-state index in [1.54, 1.807) is 30.3 Å². The molecule has 0 aromatic heterocycles. The Morgan fingerprint density at radius 1 is 0.852 bits per heavy atom. The average molecular weight is 360 g/mol. The lowest BCUT2D eigenvalue weighted by Crippen LogP contribution is -1.99. The molecule has 0 atom stereocenters. The normalized spacial score (nSPS) is 10.7. The van der Waals surface area contributed by atoms with E-state index in [-0.39, 0.29) is 6.42 Å². The minimum absolute atomic E-state index is 0.0336. The maximum atomic E-state index is 10.8. The smallest absolute Gasteiger partial charge is 0.307 e. The van der Waals surface area contributed by atoms with E-state index in [9.17, 15) is 4.79 Å². The number of hydrogen-bond donors (Lipinski definition) is 1. The average Bonchev–Trinajstić information content (AvgIpc) is 2.66. The third kappa shape index (κ3) is 6.04. The van der Waals surface area contributed by atoms with E-state index in [0.29, 0.717) is 29.4 Å². The van der Waals surface area contributed by atoms with Crippen LogP contribution in [0.4, 0.5) is 0 Å². The Hall–Kier alpha value is -3.53. The van der Waals surface area contributed by atoms with Crippen LogP contribution in [0.15, 0.2) is 84.9 Å². The molecule has 0 bridgehead atoms. The van der Waals surface area contributed by atoms with Gasteiger partial charge in [-0.3, -0.25) is 4.79 Å². The molecule has 3 aromatic carbocycles. The topological polar surface area (TPSA) is 55.8 Å². The number of hydrogen-bond acceptors (Lipinski definition) is 3. The van der Waals surface area contributed by atoms with Crippen LogP contribution in [0.2, 0.25) is 0 Å². The summed E-state index contributed by atoms with van der Waals surface area (Å²) in [7, 11) is 0. The van der Waals surface area contributed by atoms with Gasteiger partial charge < -0.3 is 14.6 Å². The van der Waals surface area contributed by atoms with Crippen molar-refractivity contribution in [1.82, 2.24) is 0 Å². The highest BCUT2D eigenvalue weighted by Crippen LogP contribution is 2.26. The Bertz CT molecular complexity index is 916. The van der Waals surface area contributed by atoms with Gasteiger partial charge in [-0.1, -0.05) is 54.6 Å². The predicted molar refractivity (Wildman–Crippen MR) is 105 cm³/mol. The third-order valence-corrected chi connectivity index (χ3v) is 3.75. The van der Waals surface area contributed by atoms with Crippen LogP contribution in [0.3, 0.4) is 0 Å². The van der Waals surface area contributed by atoms with Crippen molar-refractivity contribution in [2.75, 3.05) is 6.61 Å². The number of carbonyl (C=O) groups is 1. The molecule has 0 heterocycles. The van der Waals surface area contributed by atoms with Gasteiger partial charge in [-0.2, -0.15) is 0 Å². The van der Waals surface area contributed by atoms with Gasteiger partial charge in [-0.15, -0.1) is 0 Å². The first-order valence-electron chi connectivity index (χ1n) is 8.62. The van der Waals surface area contributed by atoms with E-state index in [1.807, 2.05) is 60.7 Å². The molecule has 0 aliphatic rings. The van der Waals surface area contributed by atoms with Gasteiger partial charge in [0.25, 0.3) is 0 Å². The molecule has 0 saturated carbocycles. The summed E-state index contributed by atoms with van der Waals surface area (Å²) in [5, 5.41) is 8.90. The van der Waals surface area contributed by atoms with E-state index < -0.39 is 5.97 Å². The second-order valence-corrected chi connectivity index (χ2v) is 5.92.